The molecule has 0 aromatic rings. The highest BCUT2D eigenvalue weighted by molar-refractivity contribution is 7.47. The van der Waals surface area contributed by atoms with Crippen LogP contribution < -0.4 is 5.32 Å². The summed E-state index contributed by atoms with van der Waals surface area (Å²) < 4.78 is 26.7. The third-order valence-electron chi connectivity index (χ3n) is 8.38. The van der Waals surface area contributed by atoms with E-state index >= 15 is 0 Å². The average Bonchev–Trinajstić information content (AvgIpc) is 3.08. The van der Waals surface area contributed by atoms with Gasteiger partial charge in [-0.15, -0.1) is 0 Å². The molecular formula is C39H74NO8P. The van der Waals surface area contributed by atoms with E-state index in [0.29, 0.717) is 6.42 Å². The molecule has 0 fully saturated rings. The van der Waals surface area contributed by atoms with Gasteiger partial charge in [-0.3, -0.25) is 18.6 Å². The van der Waals surface area contributed by atoms with Crippen LogP contribution in [0.4, 0.5) is 0 Å². The zero-order chi connectivity index (χ0) is 36.1. The number of nitrogens with one attached hydrogen (secondary N) is 1. The number of amides is 1. The maximum atomic E-state index is 12.0. The lowest BCUT2D eigenvalue weighted by atomic mass is 10.1. The standard InChI is InChI=1S/C39H74NO8P/c1-3-5-7-9-11-13-14-15-16-17-18-19-20-21-22-24-26-28-30-32-39(43)46-35-37(41)36-48-49(44,45)47-34-33-40-38(42)31-29-27-25-23-12-10-8-6-4-2/h11,13,15-16,37,41H,3-10,12,14,17-36H2,1-2H3,(H,40,42)(H,44,45)/b13-11-,16-15-. The number of phosphoric acid groups is 1. The van der Waals surface area contributed by atoms with E-state index in [2.05, 4.69) is 43.5 Å². The zero-order valence-electron chi connectivity index (χ0n) is 31.4. The summed E-state index contributed by atoms with van der Waals surface area (Å²) in [7, 11) is -4.40. The monoisotopic (exact) mass is 716 g/mol. The highest BCUT2D eigenvalue weighted by Crippen LogP contribution is 2.42. The first kappa shape index (κ1) is 47.5. The number of esters is 1. The van der Waals surface area contributed by atoms with Crippen LogP contribution in [0, 0.1) is 0 Å². The van der Waals surface area contributed by atoms with Crippen LogP contribution in [0.5, 0.6) is 0 Å². The molecule has 0 aliphatic rings. The topological polar surface area (TPSA) is 131 Å². The molecule has 10 heteroatoms. The number of ether oxygens (including phenoxy) is 1. The van der Waals surface area contributed by atoms with Crippen molar-refractivity contribution in [3.63, 3.8) is 0 Å². The minimum absolute atomic E-state index is 0.0836. The molecule has 0 aliphatic carbocycles. The minimum Gasteiger partial charge on any atom is -0.463 e. The number of carbonyl (C=O) groups excluding carboxylic acids is 2. The van der Waals surface area contributed by atoms with Crippen LogP contribution in [0.25, 0.3) is 0 Å². The highest BCUT2D eigenvalue weighted by atomic mass is 31.2. The van der Waals surface area contributed by atoms with Crippen molar-refractivity contribution < 1.29 is 37.9 Å². The molecule has 0 aromatic carbocycles. The molecule has 0 saturated carbocycles. The van der Waals surface area contributed by atoms with E-state index in [9.17, 15) is 24.2 Å². The maximum absolute atomic E-state index is 12.0. The summed E-state index contributed by atoms with van der Waals surface area (Å²) in [6.45, 7) is 3.50. The molecule has 0 rings (SSSR count). The van der Waals surface area contributed by atoms with Crippen molar-refractivity contribution >= 4 is 19.7 Å². The van der Waals surface area contributed by atoms with Gasteiger partial charge < -0.3 is 20.1 Å². The molecule has 288 valence electrons. The number of hydrogen-bond acceptors (Lipinski definition) is 7. The zero-order valence-corrected chi connectivity index (χ0v) is 32.3. The van der Waals surface area contributed by atoms with Crippen LogP contribution >= 0.6 is 7.82 Å². The first-order valence-electron chi connectivity index (χ1n) is 19.8. The lowest BCUT2D eigenvalue weighted by molar-refractivity contribution is -0.147. The number of rotatable bonds is 37. The number of aliphatic hydroxyl groups is 1. The minimum atomic E-state index is -4.40. The van der Waals surface area contributed by atoms with Gasteiger partial charge in [0.15, 0.2) is 0 Å². The van der Waals surface area contributed by atoms with Crippen molar-refractivity contribution in [3.05, 3.63) is 24.3 Å². The number of unbranched alkanes of at least 4 members (excludes halogenated alkanes) is 20. The van der Waals surface area contributed by atoms with Gasteiger partial charge in [0.2, 0.25) is 5.91 Å². The van der Waals surface area contributed by atoms with Crippen molar-refractivity contribution in [2.75, 3.05) is 26.4 Å². The van der Waals surface area contributed by atoms with Crippen LogP contribution in [-0.4, -0.2) is 54.3 Å². The second kappa shape index (κ2) is 36.3. The van der Waals surface area contributed by atoms with Crippen LogP contribution in [-0.2, 0) is 27.9 Å². The number of phosphoric ester groups is 1. The number of aliphatic hydroxyl groups excluding tert-OH is 1. The Labute approximate surface area is 300 Å². The predicted molar refractivity (Wildman–Crippen MR) is 201 cm³/mol. The summed E-state index contributed by atoms with van der Waals surface area (Å²) in [5, 5.41) is 12.6. The molecule has 0 aliphatic heterocycles. The normalized spacial score (nSPS) is 13.6. The third-order valence-corrected chi connectivity index (χ3v) is 9.37. The molecule has 2 atom stereocenters. The van der Waals surface area contributed by atoms with Crippen molar-refractivity contribution in [1.29, 1.82) is 0 Å². The maximum Gasteiger partial charge on any atom is 0.472 e. The molecular weight excluding hydrogens is 641 g/mol. The van der Waals surface area contributed by atoms with Crippen LogP contribution in [0.15, 0.2) is 24.3 Å². The van der Waals surface area contributed by atoms with Gasteiger partial charge in [-0.1, -0.05) is 147 Å². The van der Waals surface area contributed by atoms with E-state index in [1.165, 1.54) is 109 Å². The number of carbonyl (C=O) groups is 2. The predicted octanol–water partition coefficient (Wildman–Crippen LogP) is 10.4. The van der Waals surface area contributed by atoms with Gasteiger partial charge >= 0.3 is 13.8 Å². The van der Waals surface area contributed by atoms with Crippen molar-refractivity contribution in [2.24, 2.45) is 0 Å². The van der Waals surface area contributed by atoms with E-state index in [-0.39, 0.29) is 32.1 Å². The molecule has 2 unspecified atom stereocenters. The lowest BCUT2D eigenvalue weighted by Crippen LogP contribution is -2.27. The Morgan fingerprint density at radius 1 is 0.633 bits per heavy atom. The van der Waals surface area contributed by atoms with Gasteiger partial charge in [-0.05, 0) is 44.9 Å². The van der Waals surface area contributed by atoms with Gasteiger partial charge in [0, 0.05) is 19.4 Å². The van der Waals surface area contributed by atoms with E-state index in [1.54, 1.807) is 0 Å². The summed E-state index contributed by atoms with van der Waals surface area (Å²) in [6.07, 6.45) is 36.8. The van der Waals surface area contributed by atoms with E-state index in [1.807, 2.05) is 0 Å². The first-order chi connectivity index (χ1) is 23.8. The summed E-state index contributed by atoms with van der Waals surface area (Å²) >= 11 is 0. The Balaban J connectivity index is 3.60. The SMILES string of the molecule is CCCCC/C=C\C/C=C\CCCCCCCCCCCC(=O)OCC(O)COP(=O)(O)OCCNC(=O)CCCCCCCCCCC. The molecule has 0 aromatic heterocycles. The fourth-order valence-electron chi connectivity index (χ4n) is 5.35. The molecule has 9 nitrogen and oxygen atoms in total. The molecule has 49 heavy (non-hydrogen) atoms. The first-order valence-corrected chi connectivity index (χ1v) is 21.3. The van der Waals surface area contributed by atoms with Crippen LogP contribution in [0.3, 0.4) is 0 Å². The Bertz CT molecular complexity index is 866. The molecule has 3 N–H and O–H groups in total. The van der Waals surface area contributed by atoms with Crippen molar-refractivity contribution in [1.82, 2.24) is 5.32 Å². The van der Waals surface area contributed by atoms with Crippen molar-refractivity contribution in [3.8, 4) is 0 Å². The Hall–Kier alpha value is -1.51. The van der Waals surface area contributed by atoms with E-state index < -0.39 is 26.5 Å². The highest BCUT2D eigenvalue weighted by Gasteiger charge is 2.23. The van der Waals surface area contributed by atoms with Gasteiger partial charge in [0.05, 0.1) is 13.2 Å². The molecule has 0 radical (unpaired) electrons. The molecule has 0 heterocycles. The number of allylic oxidation sites excluding steroid dienone is 4. The largest absolute Gasteiger partial charge is 0.472 e. The smallest absolute Gasteiger partial charge is 0.463 e. The van der Waals surface area contributed by atoms with Gasteiger partial charge in [-0.2, -0.15) is 0 Å². The molecule has 0 bridgehead atoms. The molecule has 0 spiro atoms. The van der Waals surface area contributed by atoms with Crippen LogP contribution in [0.1, 0.15) is 181 Å². The Morgan fingerprint density at radius 2 is 1.10 bits per heavy atom. The summed E-state index contributed by atoms with van der Waals surface area (Å²) in [5.41, 5.74) is 0. The lowest BCUT2D eigenvalue weighted by Gasteiger charge is -2.15. The quantitative estimate of drug-likeness (QED) is 0.0251. The van der Waals surface area contributed by atoms with E-state index in [0.717, 1.165) is 44.9 Å². The molecule has 0 saturated heterocycles. The fraction of sp³-hybridized carbons (Fsp3) is 0.846. The van der Waals surface area contributed by atoms with E-state index in [4.69, 9.17) is 13.8 Å². The second-order valence-corrected chi connectivity index (χ2v) is 14.7. The second-order valence-electron chi connectivity index (χ2n) is 13.3. The van der Waals surface area contributed by atoms with Gasteiger partial charge in [0.25, 0.3) is 0 Å². The fourth-order valence-corrected chi connectivity index (χ4v) is 6.11. The van der Waals surface area contributed by atoms with Crippen LogP contribution in [0.2, 0.25) is 0 Å². The Morgan fingerprint density at radius 3 is 1.67 bits per heavy atom. The molecule has 1 amide bonds. The van der Waals surface area contributed by atoms with Crippen molar-refractivity contribution in [2.45, 2.75) is 187 Å². The number of hydrogen-bond donors (Lipinski definition) is 3. The summed E-state index contributed by atoms with van der Waals surface area (Å²) in [5.74, 6) is -0.521. The average molecular weight is 716 g/mol. The Kier molecular flexibility index (Phi) is 35.2. The van der Waals surface area contributed by atoms with Gasteiger partial charge in [0.1, 0.15) is 12.7 Å². The summed E-state index contributed by atoms with van der Waals surface area (Å²) in [4.78, 5) is 33.7. The van der Waals surface area contributed by atoms with Gasteiger partial charge in [-0.25, -0.2) is 4.57 Å². The summed E-state index contributed by atoms with van der Waals surface area (Å²) in [6, 6.07) is 0. The third kappa shape index (κ3) is 37.6.